The van der Waals surface area contributed by atoms with E-state index in [9.17, 15) is 0 Å². The number of aliphatic hydroxyl groups is 2. The van der Waals surface area contributed by atoms with Crippen molar-refractivity contribution in [3.8, 4) is 0 Å². The number of unbranched alkanes of at least 4 members (excludes halogenated alkanes) is 3. The third-order valence-corrected chi connectivity index (χ3v) is 1.01. The molecule has 6 heteroatoms. The number of carbonyl (C=O) groups excluding carboxylic acids is 2. The van der Waals surface area contributed by atoms with Crippen LogP contribution >= 0.6 is 0 Å². The van der Waals surface area contributed by atoms with Gasteiger partial charge in [0.05, 0.1) is 0 Å². The second-order valence-electron chi connectivity index (χ2n) is 3.08. The molecule has 0 radical (unpaired) electrons. The van der Waals surface area contributed by atoms with Crippen molar-refractivity contribution >= 4 is 12.2 Å². The molecule has 0 aromatic carbocycles. The van der Waals surface area contributed by atoms with E-state index in [-0.39, 0.29) is 6.10 Å². The Morgan fingerprint density at radius 2 is 1.35 bits per heavy atom. The van der Waals surface area contributed by atoms with Crippen LogP contribution in [0, 0.1) is 10.8 Å². The van der Waals surface area contributed by atoms with Crippen molar-refractivity contribution < 1.29 is 19.8 Å². The number of rotatable bonds is 4. The van der Waals surface area contributed by atoms with Crippen LogP contribution in [0.15, 0.2) is 0 Å². The smallest absolute Gasteiger partial charge is 0.231 e. The summed E-state index contributed by atoms with van der Waals surface area (Å²) in [6, 6.07) is 0. The topological polar surface area (TPSA) is 122 Å². The quantitative estimate of drug-likeness (QED) is 0.344. The van der Waals surface area contributed by atoms with Crippen molar-refractivity contribution in [2.75, 3.05) is 6.61 Å². The molecular weight excluding hydrogens is 224 g/mol. The highest BCUT2D eigenvalue weighted by molar-refractivity contribution is 5.26. The predicted molar refractivity (Wildman–Crippen MR) is 65.4 cm³/mol. The highest BCUT2D eigenvalue weighted by atomic mass is 16.3. The van der Waals surface area contributed by atoms with E-state index in [1.807, 2.05) is 0 Å². The summed E-state index contributed by atoms with van der Waals surface area (Å²) in [7, 11) is 0. The second kappa shape index (κ2) is 36.5. The molecule has 4 N–H and O–H groups in total. The molecule has 0 saturated heterocycles. The Kier molecular flexibility index (Phi) is 53.1. The highest BCUT2D eigenvalue weighted by Gasteiger charge is 1.80. The summed E-state index contributed by atoms with van der Waals surface area (Å²) in [5.41, 5.74) is 0. The molecule has 0 saturated carbocycles. The van der Waals surface area contributed by atoms with Gasteiger partial charge in [-0.2, -0.15) is 0 Å². The molecule has 17 heavy (non-hydrogen) atoms. The summed E-state index contributed by atoms with van der Waals surface area (Å²) >= 11 is 0. The summed E-state index contributed by atoms with van der Waals surface area (Å²) in [5.74, 6) is 0. The summed E-state index contributed by atoms with van der Waals surface area (Å²) in [6.45, 7) is 5.97. The Balaban J connectivity index is -0.0000000726. The van der Waals surface area contributed by atoms with Crippen LogP contribution in [-0.4, -0.2) is 35.1 Å². The maximum absolute atomic E-state index is 8.35. The minimum Gasteiger partial charge on any atom is -0.396 e. The van der Waals surface area contributed by atoms with Gasteiger partial charge >= 0.3 is 0 Å². The van der Waals surface area contributed by atoms with E-state index in [1.165, 1.54) is 19.3 Å². The first-order valence-electron chi connectivity index (χ1n) is 5.34. The molecule has 102 valence electrons. The van der Waals surface area contributed by atoms with Crippen molar-refractivity contribution in [3.05, 3.63) is 0 Å². The van der Waals surface area contributed by atoms with E-state index in [4.69, 9.17) is 30.6 Å². The van der Waals surface area contributed by atoms with Crippen LogP contribution < -0.4 is 0 Å². The summed E-state index contributed by atoms with van der Waals surface area (Å²) in [5, 5.41) is 27.2. The zero-order valence-electron chi connectivity index (χ0n) is 10.8. The van der Waals surface area contributed by atoms with Gasteiger partial charge in [-0.15, -0.1) is 0 Å². The SMILES string of the molecule is CC(C)O.CCCCCCO.N=C=O.N=C=O. The van der Waals surface area contributed by atoms with Gasteiger partial charge in [0.25, 0.3) is 0 Å². The van der Waals surface area contributed by atoms with Gasteiger partial charge in [0, 0.05) is 12.7 Å². The summed E-state index contributed by atoms with van der Waals surface area (Å²) in [6.07, 6.45) is 6.02. The largest absolute Gasteiger partial charge is 0.396 e. The molecule has 0 atom stereocenters. The van der Waals surface area contributed by atoms with E-state index >= 15 is 0 Å². The molecule has 0 aromatic rings. The molecule has 0 amide bonds. The first-order chi connectivity index (χ1) is 7.97. The maximum atomic E-state index is 8.35. The molecule has 0 aliphatic rings. The molecule has 0 rings (SSSR count). The van der Waals surface area contributed by atoms with Gasteiger partial charge in [0.15, 0.2) is 0 Å². The average molecular weight is 248 g/mol. The van der Waals surface area contributed by atoms with Crippen molar-refractivity contribution in [1.29, 1.82) is 10.8 Å². The van der Waals surface area contributed by atoms with Gasteiger partial charge in [-0.1, -0.05) is 26.2 Å². The monoisotopic (exact) mass is 248 g/mol. The molecule has 0 bridgehead atoms. The van der Waals surface area contributed by atoms with Crippen LogP contribution in [0.1, 0.15) is 46.5 Å². The van der Waals surface area contributed by atoms with Crippen molar-refractivity contribution in [2.45, 2.75) is 52.6 Å². The van der Waals surface area contributed by atoms with E-state index in [0.717, 1.165) is 18.6 Å². The number of hydrogen-bond acceptors (Lipinski definition) is 6. The van der Waals surface area contributed by atoms with E-state index < -0.39 is 0 Å². The summed E-state index contributed by atoms with van der Waals surface area (Å²) in [4.78, 5) is 16.7. The molecule has 6 nitrogen and oxygen atoms in total. The minimum absolute atomic E-state index is 0.167. The van der Waals surface area contributed by atoms with Crippen molar-refractivity contribution in [3.63, 3.8) is 0 Å². The second-order valence-corrected chi connectivity index (χ2v) is 3.08. The molecule has 0 aromatic heterocycles. The van der Waals surface area contributed by atoms with Gasteiger partial charge in [-0.05, 0) is 20.3 Å². The standard InChI is InChI=1S/C6H14O.C3H8O.2CHNO/c1-2-3-4-5-6-7;1-3(2)4;2*2-1-3/h7H,2-6H2,1H3;3-4H,1-2H3;2*2H. The van der Waals surface area contributed by atoms with Crippen LogP contribution in [0.5, 0.6) is 0 Å². The van der Waals surface area contributed by atoms with E-state index in [2.05, 4.69) is 6.92 Å². The number of isocyanates is 2. The highest BCUT2D eigenvalue weighted by Crippen LogP contribution is 1.95. The number of hydrogen-bond donors (Lipinski definition) is 4. The van der Waals surface area contributed by atoms with Gasteiger partial charge in [0.2, 0.25) is 12.2 Å². The molecule has 0 unspecified atom stereocenters. The Morgan fingerprint density at radius 1 is 1.06 bits per heavy atom. The third-order valence-electron chi connectivity index (χ3n) is 1.01. The molecule has 0 spiro atoms. The van der Waals surface area contributed by atoms with Gasteiger partial charge in [-0.3, -0.25) is 0 Å². The third kappa shape index (κ3) is 329. The Morgan fingerprint density at radius 3 is 1.53 bits per heavy atom. The fourth-order valence-electron chi connectivity index (χ4n) is 0.539. The lowest BCUT2D eigenvalue weighted by atomic mass is 10.2. The van der Waals surface area contributed by atoms with Crippen LogP contribution in [0.2, 0.25) is 0 Å². The molecule has 0 fully saturated rings. The molecule has 0 aliphatic heterocycles. The van der Waals surface area contributed by atoms with Crippen molar-refractivity contribution in [2.24, 2.45) is 0 Å². The first kappa shape index (κ1) is 24.8. The summed E-state index contributed by atoms with van der Waals surface area (Å²) < 4.78 is 0. The first-order valence-corrected chi connectivity index (χ1v) is 5.34. The zero-order valence-corrected chi connectivity index (χ0v) is 10.8. The maximum Gasteiger partial charge on any atom is 0.231 e. The lowest BCUT2D eigenvalue weighted by Crippen LogP contribution is -1.85. The van der Waals surface area contributed by atoms with Crippen LogP contribution in [-0.2, 0) is 9.59 Å². The Bertz CT molecular complexity index is 154. The van der Waals surface area contributed by atoms with Crippen LogP contribution in [0.25, 0.3) is 0 Å². The predicted octanol–water partition coefficient (Wildman–Crippen LogP) is 1.75. The minimum atomic E-state index is -0.167. The average Bonchev–Trinajstić information content (AvgIpc) is 2.20. The normalized spacial score (nSPS) is 6.94. The number of nitrogens with one attached hydrogen (secondary N) is 2. The van der Waals surface area contributed by atoms with Crippen LogP contribution in [0.4, 0.5) is 0 Å². The molecular formula is C11H24N2O4. The van der Waals surface area contributed by atoms with Crippen LogP contribution in [0.3, 0.4) is 0 Å². The van der Waals surface area contributed by atoms with E-state index in [0.29, 0.717) is 6.61 Å². The van der Waals surface area contributed by atoms with Gasteiger partial charge < -0.3 is 10.2 Å². The van der Waals surface area contributed by atoms with Crippen molar-refractivity contribution in [1.82, 2.24) is 0 Å². The Labute approximate surface area is 103 Å². The van der Waals surface area contributed by atoms with Gasteiger partial charge in [-0.25, -0.2) is 20.4 Å². The zero-order chi connectivity index (χ0) is 14.5. The fourth-order valence-corrected chi connectivity index (χ4v) is 0.539. The number of aliphatic hydroxyl groups excluding tert-OH is 2. The Hall–Kier alpha value is -1.32. The molecule has 0 heterocycles. The molecule has 0 aliphatic carbocycles. The van der Waals surface area contributed by atoms with Gasteiger partial charge in [0.1, 0.15) is 0 Å². The lowest BCUT2D eigenvalue weighted by molar-refractivity contribution is 0.216. The lowest BCUT2D eigenvalue weighted by Gasteiger charge is -1.90. The fraction of sp³-hybridized carbons (Fsp3) is 0.818. The van der Waals surface area contributed by atoms with E-state index in [1.54, 1.807) is 13.8 Å².